The summed E-state index contributed by atoms with van der Waals surface area (Å²) in [5.74, 6) is -0.229. The Morgan fingerprint density at radius 1 is 1.42 bits per heavy atom. The molecule has 0 spiro atoms. The van der Waals surface area contributed by atoms with E-state index in [1.54, 1.807) is 0 Å². The number of aromatic nitrogens is 2. The molecule has 0 atom stereocenters. The lowest BCUT2D eigenvalue weighted by Crippen LogP contribution is -2.19. The van der Waals surface area contributed by atoms with Crippen molar-refractivity contribution in [3.63, 3.8) is 0 Å². The average Bonchev–Trinajstić information content (AvgIpc) is 2.29. The lowest BCUT2D eigenvalue weighted by atomic mass is 10.5. The molecule has 4 nitrogen and oxygen atoms in total. The first kappa shape index (κ1) is 8.82. The molecule has 0 unspecified atom stereocenters. The number of aryl methyl sites for hydroxylation is 1. The van der Waals surface area contributed by atoms with E-state index in [2.05, 4.69) is 19.7 Å². The minimum absolute atomic E-state index is 0.194. The Labute approximate surface area is 65.3 Å². The molecule has 0 aromatic carbocycles. The van der Waals surface area contributed by atoms with E-state index in [1.165, 1.54) is 6.92 Å². The van der Waals surface area contributed by atoms with Crippen molar-refractivity contribution in [3.8, 4) is 5.88 Å². The molecule has 7 heteroatoms. The molecular weight excluding hydrogens is 177 g/mol. The van der Waals surface area contributed by atoms with Crippen molar-refractivity contribution in [2.45, 2.75) is 13.1 Å². The van der Waals surface area contributed by atoms with E-state index in [9.17, 15) is 13.2 Å². The first-order chi connectivity index (χ1) is 5.49. The quantitative estimate of drug-likeness (QED) is 0.691. The Bertz CT molecular complexity index is 257. The van der Waals surface area contributed by atoms with Crippen LogP contribution >= 0.6 is 0 Å². The van der Waals surface area contributed by atoms with E-state index >= 15 is 0 Å². The van der Waals surface area contributed by atoms with Gasteiger partial charge in [-0.2, -0.15) is 13.2 Å². The van der Waals surface area contributed by atoms with Crippen LogP contribution in [0.5, 0.6) is 5.88 Å². The van der Waals surface area contributed by atoms with Crippen molar-refractivity contribution in [1.29, 1.82) is 0 Å². The van der Waals surface area contributed by atoms with Crippen molar-refractivity contribution >= 4 is 0 Å². The maximum absolute atomic E-state index is 11.6. The molecule has 0 aliphatic carbocycles. The molecule has 0 saturated carbocycles. The highest BCUT2D eigenvalue weighted by Crippen LogP contribution is 2.18. The fraction of sp³-hybridized carbons (Fsp3) is 0.600. The largest absolute Gasteiger partial charge is 0.464 e. The van der Waals surface area contributed by atoms with Crippen LogP contribution in [0.25, 0.3) is 0 Å². The van der Waals surface area contributed by atoms with Gasteiger partial charge in [-0.05, 0) is 12.1 Å². The Morgan fingerprint density at radius 3 is 2.50 bits per heavy atom. The molecule has 1 aromatic rings. The summed E-state index contributed by atoms with van der Waals surface area (Å²) < 4.78 is 43.1. The van der Waals surface area contributed by atoms with Gasteiger partial charge in [0.15, 0.2) is 6.61 Å². The van der Waals surface area contributed by atoms with Gasteiger partial charge in [0, 0.05) is 0 Å². The van der Waals surface area contributed by atoms with Gasteiger partial charge in [-0.25, -0.2) is 4.63 Å². The molecule has 0 N–H and O–H groups in total. The second kappa shape index (κ2) is 3.00. The summed E-state index contributed by atoms with van der Waals surface area (Å²) in [4.78, 5) is 0. The average molecular weight is 182 g/mol. The van der Waals surface area contributed by atoms with Gasteiger partial charge in [-0.1, -0.05) is 5.16 Å². The van der Waals surface area contributed by atoms with E-state index in [4.69, 9.17) is 0 Å². The first-order valence-electron chi connectivity index (χ1n) is 2.98. The zero-order valence-corrected chi connectivity index (χ0v) is 6.05. The number of rotatable bonds is 2. The Hall–Kier alpha value is -1.27. The van der Waals surface area contributed by atoms with E-state index < -0.39 is 12.8 Å². The van der Waals surface area contributed by atoms with Crippen molar-refractivity contribution in [3.05, 3.63) is 5.69 Å². The normalized spacial score (nSPS) is 11.7. The summed E-state index contributed by atoms with van der Waals surface area (Å²) in [6.45, 7) is 0.0459. The Balaban J connectivity index is 2.49. The number of ether oxygens (including phenoxy) is 1. The van der Waals surface area contributed by atoms with Crippen LogP contribution in [-0.4, -0.2) is 23.1 Å². The van der Waals surface area contributed by atoms with Crippen molar-refractivity contribution in [1.82, 2.24) is 10.3 Å². The summed E-state index contributed by atoms with van der Waals surface area (Å²) >= 11 is 0. The lowest BCUT2D eigenvalue weighted by molar-refractivity contribution is -0.154. The van der Waals surface area contributed by atoms with E-state index in [-0.39, 0.29) is 11.6 Å². The fourth-order valence-corrected chi connectivity index (χ4v) is 0.505. The molecule has 1 aromatic heterocycles. The number of hydrogen-bond acceptors (Lipinski definition) is 4. The zero-order chi connectivity index (χ0) is 9.19. The predicted molar refractivity (Wildman–Crippen MR) is 30.6 cm³/mol. The summed E-state index contributed by atoms with van der Waals surface area (Å²) in [6.07, 6.45) is -4.37. The van der Waals surface area contributed by atoms with Gasteiger partial charge in [-0.3, -0.25) is 0 Å². The highest BCUT2D eigenvalue weighted by Gasteiger charge is 2.29. The lowest BCUT2D eigenvalue weighted by Gasteiger charge is -2.05. The Kier molecular flexibility index (Phi) is 2.20. The molecule has 0 radical (unpaired) electrons. The highest BCUT2D eigenvalue weighted by molar-refractivity contribution is 5.11. The van der Waals surface area contributed by atoms with Crippen LogP contribution < -0.4 is 4.74 Å². The van der Waals surface area contributed by atoms with Gasteiger partial charge in [0.05, 0.1) is 0 Å². The predicted octanol–water partition coefficient (Wildman–Crippen LogP) is 1.32. The van der Waals surface area contributed by atoms with Crippen molar-refractivity contribution < 1.29 is 22.5 Å². The smallest absolute Gasteiger partial charge is 0.422 e. The number of halogens is 3. The van der Waals surface area contributed by atoms with Crippen LogP contribution in [-0.2, 0) is 0 Å². The molecule has 12 heavy (non-hydrogen) atoms. The van der Waals surface area contributed by atoms with Crippen LogP contribution in [0, 0.1) is 6.92 Å². The molecular formula is C5H5F3N2O2. The van der Waals surface area contributed by atoms with Gasteiger partial charge < -0.3 is 4.74 Å². The highest BCUT2D eigenvalue weighted by atomic mass is 19.4. The summed E-state index contributed by atoms with van der Waals surface area (Å²) in [5, 5.41) is 6.35. The summed E-state index contributed by atoms with van der Waals surface area (Å²) in [5.41, 5.74) is 0.194. The number of hydrogen-bond donors (Lipinski definition) is 0. The van der Waals surface area contributed by atoms with E-state index in [0.717, 1.165) is 0 Å². The fourth-order valence-electron chi connectivity index (χ4n) is 0.505. The third-order valence-electron chi connectivity index (χ3n) is 0.984. The minimum Gasteiger partial charge on any atom is -0.464 e. The standard InChI is InChI=1S/C5H5F3N2O2/c1-3-4(10-12-9-3)11-2-5(6,7)8/h2H2,1H3. The van der Waals surface area contributed by atoms with Crippen LogP contribution in [0.1, 0.15) is 5.69 Å². The first-order valence-corrected chi connectivity index (χ1v) is 2.98. The molecule has 0 fully saturated rings. The molecule has 0 amide bonds. The number of nitrogens with zero attached hydrogens (tertiary/aromatic N) is 2. The molecule has 68 valence electrons. The molecule has 0 aliphatic rings. The van der Waals surface area contributed by atoms with E-state index in [1.807, 2.05) is 0 Å². The molecule has 1 heterocycles. The third-order valence-corrected chi connectivity index (χ3v) is 0.984. The van der Waals surface area contributed by atoms with Crippen molar-refractivity contribution in [2.24, 2.45) is 0 Å². The van der Waals surface area contributed by atoms with Gasteiger partial charge in [0.1, 0.15) is 5.69 Å². The summed E-state index contributed by atoms with van der Waals surface area (Å²) in [7, 11) is 0. The van der Waals surface area contributed by atoms with Gasteiger partial charge in [0.25, 0.3) is 5.88 Å². The van der Waals surface area contributed by atoms with Crippen LogP contribution in [0.4, 0.5) is 13.2 Å². The Morgan fingerprint density at radius 2 is 2.08 bits per heavy atom. The number of alkyl halides is 3. The van der Waals surface area contributed by atoms with E-state index in [0.29, 0.717) is 0 Å². The topological polar surface area (TPSA) is 48.2 Å². The minimum atomic E-state index is -4.37. The van der Waals surface area contributed by atoms with Crippen LogP contribution in [0.15, 0.2) is 4.63 Å². The maximum atomic E-state index is 11.6. The maximum Gasteiger partial charge on any atom is 0.422 e. The van der Waals surface area contributed by atoms with Gasteiger partial charge in [0.2, 0.25) is 0 Å². The third kappa shape index (κ3) is 2.40. The molecule has 0 saturated heterocycles. The zero-order valence-electron chi connectivity index (χ0n) is 6.05. The summed E-state index contributed by atoms with van der Waals surface area (Å²) in [6, 6.07) is 0. The molecule has 1 rings (SSSR count). The SMILES string of the molecule is Cc1nonc1OCC(F)(F)F. The second-order valence-corrected chi connectivity index (χ2v) is 2.06. The van der Waals surface area contributed by atoms with Crippen molar-refractivity contribution in [2.75, 3.05) is 6.61 Å². The van der Waals surface area contributed by atoms with Gasteiger partial charge in [-0.15, -0.1) is 0 Å². The van der Waals surface area contributed by atoms with Crippen LogP contribution in [0.2, 0.25) is 0 Å². The van der Waals surface area contributed by atoms with Gasteiger partial charge >= 0.3 is 6.18 Å². The van der Waals surface area contributed by atoms with Crippen LogP contribution in [0.3, 0.4) is 0 Å². The monoisotopic (exact) mass is 182 g/mol. The second-order valence-electron chi connectivity index (χ2n) is 2.06. The molecule has 0 bridgehead atoms. The molecule has 0 aliphatic heterocycles.